The molecule has 0 aliphatic carbocycles. The fourth-order valence-electron chi connectivity index (χ4n) is 8.80. The van der Waals surface area contributed by atoms with E-state index >= 15 is 0 Å². The average molecular weight is 629 g/mol. The summed E-state index contributed by atoms with van der Waals surface area (Å²) >= 11 is 0. The van der Waals surface area contributed by atoms with E-state index in [0.717, 1.165) is 0 Å². The molecule has 0 saturated carbocycles. The lowest BCUT2D eigenvalue weighted by molar-refractivity contribution is -0.331. The van der Waals surface area contributed by atoms with Gasteiger partial charge >= 0.3 is 5.97 Å². The summed E-state index contributed by atoms with van der Waals surface area (Å²) in [6, 6.07) is 0. The number of carbonyl (C=O) groups is 2. The number of hydrogen-bond acceptors (Lipinski definition) is 9. The van der Waals surface area contributed by atoms with E-state index < -0.39 is 82.8 Å². The lowest BCUT2D eigenvalue weighted by Gasteiger charge is -2.49. The molecule has 5 N–H and O–H groups in total. The third-order valence-electron chi connectivity index (χ3n) is 12.0. The van der Waals surface area contributed by atoms with Crippen molar-refractivity contribution in [2.45, 2.75) is 155 Å². The van der Waals surface area contributed by atoms with Gasteiger partial charge in [-0.3, -0.25) is 9.59 Å². The number of hydrogen-bond donors (Lipinski definition) is 5. The van der Waals surface area contributed by atoms with Gasteiger partial charge in [0.15, 0.2) is 11.6 Å². The Morgan fingerprint density at radius 1 is 0.886 bits per heavy atom. The van der Waals surface area contributed by atoms with Gasteiger partial charge in [0.2, 0.25) is 0 Å². The molecule has 16 unspecified atom stereocenters. The van der Waals surface area contributed by atoms with Crippen molar-refractivity contribution in [3.8, 4) is 0 Å². The molecule has 3 fully saturated rings. The highest BCUT2D eigenvalue weighted by Crippen LogP contribution is 2.56. The summed E-state index contributed by atoms with van der Waals surface area (Å²) in [6.07, 6.45) is -0.601. The van der Waals surface area contributed by atoms with Crippen molar-refractivity contribution in [2.24, 2.45) is 47.3 Å². The maximum Gasteiger partial charge on any atom is 0.311 e. The molecule has 0 amide bonds. The van der Waals surface area contributed by atoms with Crippen LogP contribution in [-0.2, 0) is 23.8 Å². The zero-order valence-corrected chi connectivity index (χ0v) is 28.7. The molecular formula is C34H60O10. The number of carboxylic acid groups (broad SMARTS) is 1. The van der Waals surface area contributed by atoms with Crippen LogP contribution in [0.4, 0.5) is 0 Å². The maximum absolute atomic E-state index is 14.1. The first-order valence-corrected chi connectivity index (χ1v) is 16.8. The van der Waals surface area contributed by atoms with Gasteiger partial charge in [-0.15, -0.1) is 0 Å². The molecule has 3 heterocycles. The van der Waals surface area contributed by atoms with Crippen molar-refractivity contribution in [3.05, 3.63) is 0 Å². The first-order valence-electron chi connectivity index (χ1n) is 16.8. The fraction of sp³-hybridized carbons (Fsp3) is 0.941. The van der Waals surface area contributed by atoms with Gasteiger partial charge in [-0.25, -0.2) is 0 Å². The van der Waals surface area contributed by atoms with Crippen LogP contribution in [0.15, 0.2) is 0 Å². The Morgan fingerprint density at radius 3 is 1.95 bits per heavy atom. The third-order valence-corrected chi connectivity index (χ3v) is 12.0. The molecule has 0 aromatic carbocycles. The van der Waals surface area contributed by atoms with Crippen LogP contribution in [0.5, 0.6) is 0 Å². The van der Waals surface area contributed by atoms with Gasteiger partial charge in [-0.2, -0.15) is 0 Å². The van der Waals surface area contributed by atoms with Crippen LogP contribution in [-0.4, -0.2) is 84.5 Å². The molecule has 0 radical (unpaired) electrons. The molecule has 16 atom stereocenters. The van der Waals surface area contributed by atoms with Crippen molar-refractivity contribution in [1.29, 1.82) is 0 Å². The van der Waals surface area contributed by atoms with Gasteiger partial charge in [0.1, 0.15) is 17.3 Å². The van der Waals surface area contributed by atoms with Crippen molar-refractivity contribution in [2.75, 3.05) is 0 Å². The van der Waals surface area contributed by atoms with Crippen molar-refractivity contribution in [3.63, 3.8) is 0 Å². The minimum absolute atomic E-state index is 0.0786. The number of carbonyl (C=O) groups excluding carboxylic acids is 1. The van der Waals surface area contributed by atoms with Crippen LogP contribution in [0, 0.1) is 47.3 Å². The van der Waals surface area contributed by atoms with Crippen LogP contribution < -0.4 is 0 Å². The molecule has 3 rings (SSSR count). The van der Waals surface area contributed by atoms with Crippen molar-refractivity contribution >= 4 is 11.8 Å². The molecule has 44 heavy (non-hydrogen) atoms. The molecule has 10 heteroatoms. The van der Waals surface area contributed by atoms with Gasteiger partial charge in [0.25, 0.3) is 0 Å². The summed E-state index contributed by atoms with van der Waals surface area (Å²) in [7, 11) is 0. The highest BCUT2D eigenvalue weighted by atomic mass is 16.7. The normalized spacial score (nSPS) is 45.3. The number of rotatable bonds is 12. The van der Waals surface area contributed by atoms with E-state index in [-0.39, 0.29) is 23.5 Å². The van der Waals surface area contributed by atoms with Gasteiger partial charge in [0.05, 0.1) is 30.0 Å². The van der Waals surface area contributed by atoms with Crippen LogP contribution >= 0.6 is 0 Å². The SMILES string of the molecule is CCC(C(=O)C(C)C(O)C(C)C1OC(O)(C(C)C(=O)O)C(C)CC1C)C1OC(C)(C2(O)OC(CC)(C(C)O)CC2C)CC1C. The van der Waals surface area contributed by atoms with Crippen LogP contribution in [0.1, 0.15) is 108 Å². The largest absolute Gasteiger partial charge is 0.481 e. The zero-order chi connectivity index (χ0) is 33.7. The highest BCUT2D eigenvalue weighted by Gasteiger charge is 2.66. The standard InChI is InChI=1S/C34H60O10/c1-12-25(29-18(4)15-31(11,42-29)34(41)20(6)16-32(13-2,44-34)24(10)35)27(37)21(7)26(36)22(8)28-17(3)14-19(5)33(40,43-28)23(9)30(38)39/h17-26,28-29,35-36,40-41H,12-16H2,1-11H3,(H,38,39). The molecule has 0 aromatic rings. The minimum Gasteiger partial charge on any atom is -0.481 e. The molecule has 3 aliphatic rings. The Balaban J connectivity index is 1.80. The molecule has 0 aromatic heterocycles. The number of aliphatic hydroxyl groups is 4. The fourth-order valence-corrected chi connectivity index (χ4v) is 8.80. The first-order chi connectivity index (χ1) is 20.2. The first kappa shape index (κ1) is 37.3. The van der Waals surface area contributed by atoms with Crippen LogP contribution in [0.2, 0.25) is 0 Å². The molecule has 3 saturated heterocycles. The van der Waals surface area contributed by atoms with E-state index in [4.69, 9.17) is 14.2 Å². The van der Waals surface area contributed by atoms with E-state index in [1.165, 1.54) is 6.92 Å². The Morgan fingerprint density at radius 2 is 1.48 bits per heavy atom. The topological polar surface area (TPSA) is 163 Å². The number of Topliss-reactive ketones (excluding diaryl/α,β-unsaturated/α-hetero) is 1. The zero-order valence-electron chi connectivity index (χ0n) is 28.7. The third kappa shape index (κ3) is 6.14. The Bertz CT molecular complexity index is 1040. The van der Waals surface area contributed by atoms with E-state index in [9.17, 15) is 35.1 Å². The van der Waals surface area contributed by atoms with Gasteiger partial charge in [-0.1, -0.05) is 55.4 Å². The summed E-state index contributed by atoms with van der Waals surface area (Å²) in [4.78, 5) is 25.8. The Labute approximate surface area is 263 Å². The highest BCUT2D eigenvalue weighted by molar-refractivity contribution is 5.84. The summed E-state index contributed by atoms with van der Waals surface area (Å²) in [5, 5.41) is 55.0. The number of ketones is 1. The van der Waals surface area contributed by atoms with E-state index in [1.54, 1.807) is 27.7 Å². The van der Waals surface area contributed by atoms with Gasteiger partial charge in [-0.05, 0) is 64.7 Å². The quantitative estimate of drug-likeness (QED) is 0.212. The molecule has 10 nitrogen and oxygen atoms in total. The van der Waals surface area contributed by atoms with Gasteiger partial charge in [0, 0.05) is 29.6 Å². The van der Waals surface area contributed by atoms with E-state index in [0.29, 0.717) is 32.1 Å². The second kappa shape index (κ2) is 13.2. The number of aliphatic carboxylic acids is 1. The van der Waals surface area contributed by atoms with Crippen LogP contribution in [0.25, 0.3) is 0 Å². The molecule has 256 valence electrons. The molecule has 0 bridgehead atoms. The Hall–Kier alpha value is -1.14. The predicted octanol–water partition coefficient (Wildman–Crippen LogP) is 4.14. The molecule has 3 aliphatic heterocycles. The Kier molecular flexibility index (Phi) is 11.2. The average Bonchev–Trinajstić information content (AvgIpc) is 3.43. The van der Waals surface area contributed by atoms with E-state index in [2.05, 4.69) is 0 Å². The summed E-state index contributed by atoms with van der Waals surface area (Å²) < 4.78 is 19.1. The van der Waals surface area contributed by atoms with E-state index in [1.807, 2.05) is 41.5 Å². The second-order valence-electron chi connectivity index (χ2n) is 15.1. The number of aliphatic hydroxyl groups excluding tert-OH is 2. The lowest BCUT2D eigenvalue weighted by Crippen LogP contribution is -2.58. The van der Waals surface area contributed by atoms with Gasteiger partial charge < -0.3 is 39.7 Å². The maximum atomic E-state index is 14.1. The summed E-state index contributed by atoms with van der Waals surface area (Å²) in [5.41, 5.74) is -2.00. The number of ether oxygens (including phenoxy) is 3. The monoisotopic (exact) mass is 628 g/mol. The van der Waals surface area contributed by atoms with Crippen molar-refractivity contribution < 1.29 is 49.3 Å². The van der Waals surface area contributed by atoms with Crippen molar-refractivity contribution in [1.82, 2.24) is 0 Å². The molecular weight excluding hydrogens is 568 g/mol. The lowest BCUT2D eigenvalue weighted by atomic mass is 9.72. The van der Waals surface area contributed by atoms with Crippen LogP contribution in [0.3, 0.4) is 0 Å². The minimum atomic E-state index is -1.89. The molecule has 0 spiro atoms. The smallest absolute Gasteiger partial charge is 0.311 e. The summed E-state index contributed by atoms with van der Waals surface area (Å²) in [6.45, 7) is 19.9. The summed E-state index contributed by atoms with van der Waals surface area (Å²) in [5.74, 6) is -8.84. The predicted molar refractivity (Wildman–Crippen MR) is 164 cm³/mol. The second-order valence-corrected chi connectivity index (χ2v) is 15.1. The number of carboxylic acids is 1.